The van der Waals surface area contributed by atoms with Gasteiger partial charge in [0, 0.05) is 11.6 Å². The quantitative estimate of drug-likeness (QED) is 0.461. The summed E-state index contributed by atoms with van der Waals surface area (Å²) >= 11 is 6.09. The molecule has 0 amide bonds. The molecule has 2 N–H and O–H groups in total. The molecule has 3 aliphatic rings. The van der Waals surface area contributed by atoms with Crippen molar-refractivity contribution in [2.45, 2.75) is 32.1 Å². The van der Waals surface area contributed by atoms with Crippen LogP contribution in [0.15, 0.2) is 36.7 Å². The van der Waals surface area contributed by atoms with E-state index in [9.17, 15) is 9.90 Å². The molecule has 4 aromatic rings. The van der Waals surface area contributed by atoms with Gasteiger partial charge < -0.3 is 10.1 Å². The second-order valence-corrected chi connectivity index (χ2v) is 9.40. The number of nitrogens with one attached hydrogen (secondary N) is 1. The number of hydrogen-bond donors (Lipinski definition) is 2. The number of fused-ring (bicyclic) bond motifs is 5. The highest BCUT2D eigenvalue weighted by molar-refractivity contribution is 6.29. The lowest BCUT2D eigenvalue weighted by Crippen LogP contribution is -2.45. The van der Waals surface area contributed by atoms with E-state index in [0.29, 0.717) is 34.5 Å². The number of aliphatic carboxylic acids is 1. The fourth-order valence-corrected chi connectivity index (χ4v) is 6.07. The Morgan fingerprint density at radius 2 is 1.88 bits per heavy atom. The van der Waals surface area contributed by atoms with Crippen molar-refractivity contribution >= 4 is 39.6 Å². The van der Waals surface area contributed by atoms with Gasteiger partial charge in [0.05, 0.1) is 28.9 Å². The van der Waals surface area contributed by atoms with Crippen LogP contribution in [-0.4, -0.2) is 36.0 Å². The minimum atomic E-state index is -0.662. The predicted octanol–water partition coefficient (Wildman–Crippen LogP) is 4.90. The fourth-order valence-electron chi connectivity index (χ4n) is 5.94. The maximum absolute atomic E-state index is 12.2. The van der Waals surface area contributed by atoms with E-state index in [1.807, 2.05) is 24.3 Å². The van der Waals surface area contributed by atoms with E-state index in [2.05, 4.69) is 15.0 Å². The smallest absolute Gasteiger partial charge is 0.307 e. The molecule has 0 spiro atoms. The van der Waals surface area contributed by atoms with Gasteiger partial charge in [-0.15, -0.1) is 0 Å². The van der Waals surface area contributed by atoms with Crippen LogP contribution < -0.4 is 0 Å². The monoisotopic (exact) mass is 447 g/mol. The minimum absolute atomic E-state index is 0.100. The molecule has 7 nitrogen and oxygen atoms in total. The molecule has 7 rings (SSSR count). The number of carboxylic acid groups (broad SMARTS) is 1. The van der Waals surface area contributed by atoms with Crippen LogP contribution >= 0.6 is 11.6 Å². The van der Waals surface area contributed by atoms with E-state index >= 15 is 0 Å². The molecule has 2 atom stereocenters. The minimum Gasteiger partial charge on any atom is -0.481 e. The van der Waals surface area contributed by atoms with E-state index in [0.717, 1.165) is 47.8 Å². The number of halogens is 1. The van der Waals surface area contributed by atoms with Crippen LogP contribution in [-0.2, 0) is 11.2 Å². The molecule has 0 saturated heterocycles. The Balaban J connectivity index is 1.48. The Hall–Kier alpha value is -3.06. The number of rotatable bonds is 4. The van der Waals surface area contributed by atoms with Crippen molar-refractivity contribution in [3.8, 4) is 11.4 Å². The van der Waals surface area contributed by atoms with Gasteiger partial charge in [0.25, 0.3) is 0 Å². The fraction of sp³-hybridized carbons (Fsp3) is 0.375. The molecular formula is C24H22ClN5O2. The first kappa shape index (κ1) is 19.6. The maximum atomic E-state index is 12.2. The number of carboxylic acids is 1. The van der Waals surface area contributed by atoms with Gasteiger partial charge in [0.15, 0.2) is 11.5 Å². The van der Waals surface area contributed by atoms with Crippen LogP contribution in [0, 0.1) is 23.7 Å². The summed E-state index contributed by atoms with van der Waals surface area (Å²) in [5, 5.41) is 11.3. The van der Waals surface area contributed by atoms with Crippen molar-refractivity contribution in [2.24, 2.45) is 23.7 Å². The maximum Gasteiger partial charge on any atom is 0.307 e. The SMILES string of the molecule is O=C(O)C1C2CCC(CC2)C1Cc1nc(-c2c[nH]c3ncc(Cl)nc23)nc2ccccc12. The number of hydrogen-bond acceptors (Lipinski definition) is 5. The molecule has 3 aliphatic carbocycles. The molecule has 3 aromatic heterocycles. The van der Waals surface area contributed by atoms with E-state index < -0.39 is 5.97 Å². The molecule has 2 unspecified atom stereocenters. The molecule has 8 heteroatoms. The van der Waals surface area contributed by atoms with Gasteiger partial charge in [0.1, 0.15) is 10.7 Å². The second kappa shape index (κ2) is 7.52. The molecule has 3 fully saturated rings. The average Bonchev–Trinajstić information content (AvgIpc) is 3.22. The number of carbonyl (C=O) groups is 1. The van der Waals surface area contributed by atoms with Crippen LogP contribution in [0.5, 0.6) is 0 Å². The van der Waals surface area contributed by atoms with Crippen molar-refractivity contribution in [3.63, 3.8) is 0 Å². The molecule has 0 aliphatic heterocycles. The number of nitrogens with zero attached hydrogens (tertiary/aromatic N) is 4. The highest BCUT2D eigenvalue weighted by Crippen LogP contribution is 2.50. The lowest BCUT2D eigenvalue weighted by molar-refractivity contribution is -0.152. The topological polar surface area (TPSA) is 105 Å². The summed E-state index contributed by atoms with van der Waals surface area (Å²) in [6.07, 6.45) is 8.24. The molecule has 3 saturated carbocycles. The summed E-state index contributed by atoms with van der Waals surface area (Å²) in [5.41, 5.74) is 3.72. The molecule has 0 radical (unpaired) electrons. The summed E-state index contributed by atoms with van der Waals surface area (Å²) in [4.78, 5) is 33.8. The van der Waals surface area contributed by atoms with Crippen LogP contribution in [0.1, 0.15) is 31.4 Å². The molecule has 2 bridgehead atoms. The number of aromatic nitrogens is 5. The van der Waals surface area contributed by atoms with E-state index in [-0.39, 0.29) is 17.8 Å². The van der Waals surface area contributed by atoms with Crippen LogP contribution in [0.25, 0.3) is 33.5 Å². The highest BCUT2D eigenvalue weighted by atomic mass is 35.5. The van der Waals surface area contributed by atoms with Gasteiger partial charge in [-0.2, -0.15) is 0 Å². The first-order valence-corrected chi connectivity index (χ1v) is 11.4. The van der Waals surface area contributed by atoms with E-state index in [1.165, 1.54) is 6.20 Å². The Kier molecular flexibility index (Phi) is 4.61. The first-order chi connectivity index (χ1) is 15.6. The van der Waals surface area contributed by atoms with Crippen molar-refractivity contribution in [1.82, 2.24) is 24.9 Å². The lowest BCUT2D eigenvalue weighted by Gasteiger charge is -2.47. The molecule has 3 heterocycles. The number of aromatic amines is 1. The van der Waals surface area contributed by atoms with Crippen molar-refractivity contribution in [1.29, 1.82) is 0 Å². The summed E-state index contributed by atoms with van der Waals surface area (Å²) in [6.45, 7) is 0. The summed E-state index contributed by atoms with van der Waals surface area (Å²) in [6, 6.07) is 7.93. The van der Waals surface area contributed by atoms with Crippen LogP contribution in [0.2, 0.25) is 5.15 Å². The Bertz CT molecular complexity index is 1340. The molecule has 1 aromatic carbocycles. The summed E-state index contributed by atoms with van der Waals surface area (Å²) in [7, 11) is 0. The zero-order valence-electron chi connectivity index (χ0n) is 17.3. The third kappa shape index (κ3) is 3.14. The largest absolute Gasteiger partial charge is 0.481 e. The number of benzene rings is 1. The van der Waals surface area contributed by atoms with Crippen molar-refractivity contribution in [2.75, 3.05) is 0 Å². The van der Waals surface area contributed by atoms with Gasteiger partial charge in [-0.25, -0.2) is 19.9 Å². The molecular weight excluding hydrogens is 426 g/mol. The van der Waals surface area contributed by atoms with Gasteiger partial charge in [-0.1, -0.05) is 29.8 Å². The Morgan fingerprint density at radius 1 is 1.09 bits per heavy atom. The summed E-state index contributed by atoms with van der Waals surface area (Å²) < 4.78 is 0. The summed E-state index contributed by atoms with van der Waals surface area (Å²) in [5.74, 6) is 0.414. The zero-order valence-corrected chi connectivity index (χ0v) is 18.1. The number of para-hydroxylation sites is 1. The first-order valence-electron chi connectivity index (χ1n) is 11.1. The van der Waals surface area contributed by atoms with E-state index in [4.69, 9.17) is 21.6 Å². The van der Waals surface area contributed by atoms with Gasteiger partial charge in [0.2, 0.25) is 0 Å². The normalized spacial score (nSPS) is 24.9. The highest BCUT2D eigenvalue weighted by Gasteiger charge is 2.47. The van der Waals surface area contributed by atoms with Gasteiger partial charge in [-0.3, -0.25) is 4.79 Å². The molecule has 162 valence electrons. The standard InChI is InChI=1S/C24H22ClN5O2/c25-19-11-27-23-21(30-19)16(10-26-23)22-28-17-4-2-1-3-14(17)18(29-22)9-15-12-5-7-13(8-6-12)20(15)24(31)32/h1-4,10-13,15,20H,5-9H2,(H,26,27)(H,31,32). The zero-order chi connectivity index (χ0) is 21.8. The predicted molar refractivity (Wildman–Crippen MR) is 121 cm³/mol. The average molecular weight is 448 g/mol. The third-order valence-corrected chi connectivity index (χ3v) is 7.56. The Morgan fingerprint density at radius 3 is 2.69 bits per heavy atom. The Labute approximate surface area is 189 Å². The van der Waals surface area contributed by atoms with Gasteiger partial charge >= 0.3 is 5.97 Å². The van der Waals surface area contributed by atoms with Crippen molar-refractivity contribution in [3.05, 3.63) is 47.5 Å². The van der Waals surface area contributed by atoms with Crippen molar-refractivity contribution < 1.29 is 9.90 Å². The van der Waals surface area contributed by atoms with Gasteiger partial charge in [-0.05, 0) is 55.9 Å². The number of H-pyrrole nitrogens is 1. The van der Waals surface area contributed by atoms with Crippen LogP contribution in [0.4, 0.5) is 0 Å². The lowest BCUT2D eigenvalue weighted by atomic mass is 9.57. The van der Waals surface area contributed by atoms with E-state index in [1.54, 1.807) is 6.20 Å². The van der Waals surface area contributed by atoms with Crippen LogP contribution in [0.3, 0.4) is 0 Å². The second-order valence-electron chi connectivity index (χ2n) is 9.01. The third-order valence-electron chi connectivity index (χ3n) is 7.38. The molecule has 32 heavy (non-hydrogen) atoms.